The topological polar surface area (TPSA) is 192 Å². The van der Waals surface area contributed by atoms with Crippen LogP contribution in [0.25, 0.3) is 0 Å². The summed E-state index contributed by atoms with van der Waals surface area (Å²) >= 11 is 0. The summed E-state index contributed by atoms with van der Waals surface area (Å²) in [5.74, 6) is -0.257. The summed E-state index contributed by atoms with van der Waals surface area (Å²) in [7, 11) is -5.08. The zero-order valence-corrected chi connectivity index (χ0v) is 41.7. The maximum atomic E-state index is 13.1. The number of amides is 1. The highest BCUT2D eigenvalue weighted by molar-refractivity contribution is 7.80. The van der Waals surface area contributed by atoms with Crippen LogP contribution in [0.2, 0.25) is 0 Å². The van der Waals surface area contributed by atoms with Crippen molar-refractivity contribution in [3.63, 3.8) is 0 Å². The van der Waals surface area contributed by atoms with Gasteiger partial charge in [0.25, 0.3) is 0 Å². The first-order valence-electron chi connectivity index (χ1n) is 26.6. The van der Waals surface area contributed by atoms with Crippen LogP contribution >= 0.6 is 0 Å². The average molecular weight is 934 g/mol. The monoisotopic (exact) mass is 934 g/mol. The van der Waals surface area contributed by atoms with Gasteiger partial charge in [-0.3, -0.25) is 9.35 Å². The Hall–Kier alpha value is -1.16. The molecule has 1 amide bonds. The van der Waals surface area contributed by atoms with E-state index in [-0.39, 0.29) is 18.9 Å². The number of carbonyl (C=O) groups excluding carboxylic acids is 1. The summed E-state index contributed by atoms with van der Waals surface area (Å²) in [6.45, 7) is 3.42. The fourth-order valence-electron chi connectivity index (χ4n) is 8.69. The summed E-state index contributed by atoms with van der Waals surface area (Å²) in [6, 6.07) is -0.939. The minimum absolute atomic E-state index is 0.257. The van der Waals surface area contributed by atoms with Gasteiger partial charge in [-0.2, -0.15) is 8.42 Å². The average Bonchev–Trinajstić information content (AvgIpc) is 3.27. The maximum Gasteiger partial charge on any atom is 0.397 e. The van der Waals surface area contributed by atoms with Gasteiger partial charge in [0, 0.05) is 6.42 Å². The lowest BCUT2D eigenvalue weighted by Crippen LogP contribution is -2.61. The number of hydrogen-bond acceptors (Lipinski definition) is 10. The quantitative estimate of drug-likeness (QED) is 0.0193. The molecule has 0 aromatic carbocycles. The molecular weight excluding hydrogens is 835 g/mol. The van der Waals surface area contributed by atoms with E-state index in [2.05, 4.69) is 23.3 Å². The number of nitrogens with one attached hydrogen (secondary N) is 1. The molecule has 1 rings (SSSR count). The molecule has 0 saturated carbocycles. The molecular formula is C51H99NO11S. The van der Waals surface area contributed by atoms with Crippen molar-refractivity contribution in [3.05, 3.63) is 12.2 Å². The van der Waals surface area contributed by atoms with Gasteiger partial charge in [-0.25, -0.2) is 4.18 Å². The Morgan fingerprint density at radius 2 is 0.984 bits per heavy atom. The van der Waals surface area contributed by atoms with Crippen LogP contribution < -0.4 is 5.32 Å². The highest BCUT2D eigenvalue weighted by Crippen LogP contribution is 2.26. The first-order valence-corrected chi connectivity index (χ1v) is 27.9. The number of allylic oxidation sites excluding steroid dienone is 1. The van der Waals surface area contributed by atoms with Crippen LogP contribution in [0.5, 0.6) is 0 Å². The van der Waals surface area contributed by atoms with Crippen molar-refractivity contribution < 1.29 is 51.8 Å². The predicted octanol–water partition coefficient (Wildman–Crippen LogP) is 11.5. The second-order valence-corrected chi connectivity index (χ2v) is 19.9. The fourth-order valence-corrected chi connectivity index (χ4v) is 9.20. The first-order chi connectivity index (χ1) is 31.0. The van der Waals surface area contributed by atoms with Gasteiger partial charge < -0.3 is 35.2 Å². The SMILES string of the molecule is CCCCCCCCCCCCCCC/C=C/C(O)C(COC1OC(CO)C(O)C(OS(=O)(=O)O)C1O)NC(=O)CCCCCCCCCCCCCCCCCCCCCCCC. The molecule has 12 nitrogen and oxygen atoms in total. The second-order valence-electron chi connectivity index (χ2n) is 18.8. The first kappa shape index (κ1) is 60.9. The van der Waals surface area contributed by atoms with Crippen molar-refractivity contribution >= 4 is 16.3 Å². The molecule has 6 N–H and O–H groups in total. The summed E-state index contributed by atoms with van der Waals surface area (Å²) in [5.41, 5.74) is 0. The summed E-state index contributed by atoms with van der Waals surface area (Å²) in [4.78, 5) is 13.1. The third-order valence-electron chi connectivity index (χ3n) is 12.8. The lowest BCUT2D eigenvalue weighted by molar-refractivity contribution is -0.298. The van der Waals surface area contributed by atoms with Crippen molar-refractivity contribution in [1.29, 1.82) is 0 Å². The van der Waals surface area contributed by atoms with E-state index in [0.29, 0.717) is 6.42 Å². The predicted molar refractivity (Wildman–Crippen MR) is 259 cm³/mol. The van der Waals surface area contributed by atoms with Crippen LogP contribution in [0.3, 0.4) is 0 Å². The zero-order valence-electron chi connectivity index (χ0n) is 40.9. The van der Waals surface area contributed by atoms with E-state index in [0.717, 1.165) is 38.5 Å². The molecule has 7 unspecified atom stereocenters. The van der Waals surface area contributed by atoms with Crippen molar-refractivity contribution in [1.82, 2.24) is 5.32 Å². The molecule has 0 spiro atoms. The lowest BCUT2D eigenvalue weighted by atomic mass is 9.99. The van der Waals surface area contributed by atoms with E-state index in [9.17, 15) is 38.2 Å². The van der Waals surface area contributed by atoms with Crippen LogP contribution in [-0.2, 0) is 28.9 Å². The normalized spacial score (nSPS) is 20.3. The van der Waals surface area contributed by atoms with Crippen molar-refractivity contribution in [3.8, 4) is 0 Å². The zero-order chi connectivity index (χ0) is 46.9. The largest absolute Gasteiger partial charge is 0.397 e. The van der Waals surface area contributed by atoms with E-state index in [4.69, 9.17) is 9.47 Å². The minimum Gasteiger partial charge on any atom is -0.394 e. The lowest BCUT2D eigenvalue weighted by Gasteiger charge is -2.41. The molecule has 1 aliphatic heterocycles. The molecule has 1 heterocycles. The number of aliphatic hydroxyl groups is 4. The number of carbonyl (C=O) groups is 1. The molecule has 0 aliphatic carbocycles. The van der Waals surface area contributed by atoms with Crippen LogP contribution in [0.1, 0.15) is 251 Å². The molecule has 0 bridgehead atoms. The third kappa shape index (κ3) is 34.2. The Balaban J connectivity index is 2.40. The van der Waals surface area contributed by atoms with E-state index in [1.165, 1.54) is 186 Å². The Bertz CT molecular complexity index is 1190. The maximum absolute atomic E-state index is 13.1. The molecule has 1 saturated heterocycles. The minimum atomic E-state index is -5.08. The molecule has 1 aliphatic rings. The van der Waals surface area contributed by atoms with E-state index in [1.807, 2.05) is 6.08 Å². The van der Waals surface area contributed by atoms with Crippen LogP contribution in [0.4, 0.5) is 0 Å². The summed E-state index contributed by atoms with van der Waals surface area (Å²) in [6.07, 6.45) is 39.6. The Labute approximate surface area is 391 Å². The number of rotatable bonds is 46. The molecule has 0 radical (unpaired) electrons. The number of aliphatic hydroxyl groups excluding tert-OH is 4. The van der Waals surface area contributed by atoms with E-state index >= 15 is 0 Å². The molecule has 0 aromatic rings. The smallest absolute Gasteiger partial charge is 0.394 e. The second kappa shape index (κ2) is 42.0. The van der Waals surface area contributed by atoms with E-state index in [1.54, 1.807) is 6.08 Å². The molecule has 13 heteroatoms. The summed E-state index contributed by atoms with van der Waals surface area (Å²) < 4.78 is 47.7. The van der Waals surface area contributed by atoms with Gasteiger partial charge in [-0.05, 0) is 19.3 Å². The highest BCUT2D eigenvalue weighted by atomic mass is 32.3. The Kier molecular flexibility index (Phi) is 39.9. The molecule has 1 fully saturated rings. The van der Waals surface area contributed by atoms with Gasteiger partial charge in [0.15, 0.2) is 6.29 Å². The molecule has 64 heavy (non-hydrogen) atoms. The fraction of sp³-hybridized carbons (Fsp3) is 0.941. The number of unbranched alkanes of at least 4 members (excludes halogenated alkanes) is 34. The number of hydrogen-bond donors (Lipinski definition) is 6. The highest BCUT2D eigenvalue weighted by Gasteiger charge is 2.48. The van der Waals surface area contributed by atoms with Gasteiger partial charge >= 0.3 is 10.4 Å². The van der Waals surface area contributed by atoms with Crippen molar-refractivity contribution in [2.75, 3.05) is 13.2 Å². The molecule has 7 atom stereocenters. The Morgan fingerprint density at radius 1 is 0.609 bits per heavy atom. The summed E-state index contributed by atoms with van der Waals surface area (Å²) in [5, 5.41) is 44.8. The van der Waals surface area contributed by atoms with Crippen molar-refractivity contribution in [2.24, 2.45) is 0 Å². The molecule has 0 aromatic heterocycles. The van der Waals surface area contributed by atoms with Gasteiger partial charge in [0.2, 0.25) is 5.91 Å². The van der Waals surface area contributed by atoms with Gasteiger partial charge in [0.05, 0.1) is 25.4 Å². The van der Waals surface area contributed by atoms with Crippen LogP contribution in [0.15, 0.2) is 12.2 Å². The van der Waals surface area contributed by atoms with E-state index < -0.39 is 59.9 Å². The van der Waals surface area contributed by atoms with Crippen LogP contribution in [-0.4, -0.2) is 95.4 Å². The van der Waals surface area contributed by atoms with Crippen molar-refractivity contribution in [2.45, 2.75) is 294 Å². The Morgan fingerprint density at radius 3 is 1.36 bits per heavy atom. The standard InChI is InChI=1S/C51H99NO11S/c1-3-5-7-9-11-13-15-17-19-20-21-22-23-24-25-27-29-31-33-35-37-39-41-47(55)52-44(43-61-51-49(57)50(63-64(58,59)60)48(56)46(42-53)62-51)45(54)40-38-36-34-32-30-28-26-18-16-14-12-10-8-6-4-2/h38,40,44-46,48-51,53-54,56-57H,3-37,39,41-43H2,1-2H3,(H,52,55)(H,58,59,60)/b40-38+. The van der Waals surface area contributed by atoms with Gasteiger partial charge in [-0.1, -0.05) is 238 Å². The van der Waals surface area contributed by atoms with Gasteiger partial charge in [0.1, 0.15) is 24.4 Å². The van der Waals surface area contributed by atoms with Crippen LogP contribution in [0, 0.1) is 0 Å². The number of ether oxygens (including phenoxy) is 2. The third-order valence-corrected chi connectivity index (χ3v) is 13.3. The van der Waals surface area contributed by atoms with Gasteiger partial charge in [-0.15, -0.1) is 0 Å². The molecule has 380 valence electrons.